The van der Waals surface area contributed by atoms with Gasteiger partial charge < -0.3 is 20.1 Å². The monoisotopic (exact) mass is 375 g/mol. The van der Waals surface area contributed by atoms with Crippen LogP contribution in [0.15, 0.2) is 30.5 Å². The highest BCUT2D eigenvalue weighted by atomic mass is 19.1. The lowest BCUT2D eigenvalue weighted by Gasteiger charge is -2.33. The molecule has 3 atom stereocenters. The van der Waals surface area contributed by atoms with Crippen LogP contribution in [-0.2, 0) is 11.3 Å². The van der Waals surface area contributed by atoms with Crippen LogP contribution in [0.2, 0.25) is 0 Å². The number of halogens is 1. The van der Waals surface area contributed by atoms with Gasteiger partial charge in [-0.2, -0.15) is 0 Å². The van der Waals surface area contributed by atoms with Crippen LogP contribution in [0.25, 0.3) is 11.3 Å². The Hall–Kier alpha value is -1.87. The van der Waals surface area contributed by atoms with Gasteiger partial charge in [0, 0.05) is 11.6 Å². The number of hydrogen-bond donors (Lipinski definition) is 2. The highest BCUT2D eigenvalue weighted by Gasteiger charge is 2.38. The van der Waals surface area contributed by atoms with Gasteiger partial charge in [-0.05, 0) is 45.1 Å². The van der Waals surface area contributed by atoms with Crippen molar-refractivity contribution < 1.29 is 14.2 Å². The predicted octanol–water partition coefficient (Wildman–Crippen LogP) is 0.896. The van der Waals surface area contributed by atoms with E-state index in [0.29, 0.717) is 30.5 Å². The summed E-state index contributed by atoms with van der Waals surface area (Å²) in [5.41, 5.74) is 1.31. The van der Waals surface area contributed by atoms with Gasteiger partial charge in [0.15, 0.2) is 0 Å². The Kier molecular flexibility index (Phi) is 5.49. The molecule has 27 heavy (non-hydrogen) atoms. The van der Waals surface area contributed by atoms with Crippen molar-refractivity contribution in [1.82, 2.24) is 25.2 Å². The van der Waals surface area contributed by atoms with E-state index in [1.807, 2.05) is 0 Å². The molecule has 0 bridgehead atoms. The molecule has 8 heteroatoms. The zero-order valence-electron chi connectivity index (χ0n) is 15.5. The third-order valence-electron chi connectivity index (χ3n) is 5.47. The Balaban J connectivity index is 1.40. The van der Waals surface area contributed by atoms with Crippen molar-refractivity contribution in [1.29, 1.82) is 0 Å². The maximum absolute atomic E-state index is 13.4. The maximum Gasteiger partial charge on any atom is 0.123 e. The zero-order chi connectivity index (χ0) is 18.8. The number of likely N-dealkylation sites (tertiary alicyclic amines) is 1. The maximum atomic E-state index is 13.4. The summed E-state index contributed by atoms with van der Waals surface area (Å²) < 4.78 is 20.9. The molecule has 1 aromatic carbocycles. The fraction of sp³-hybridized carbons (Fsp3) is 0.579. The van der Waals surface area contributed by atoms with Crippen molar-refractivity contribution in [3.8, 4) is 11.3 Å². The number of aliphatic hydroxyl groups is 1. The van der Waals surface area contributed by atoms with E-state index in [0.717, 1.165) is 25.9 Å². The van der Waals surface area contributed by atoms with Gasteiger partial charge in [0.1, 0.15) is 11.5 Å². The Morgan fingerprint density at radius 1 is 1.33 bits per heavy atom. The molecule has 0 spiro atoms. The molecule has 146 valence electrons. The molecule has 0 aliphatic carbocycles. The van der Waals surface area contributed by atoms with E-state index in [2.05, 4.69) is 27.6 Å². The summed E-state index contributed by atoms with van der Waals surface area (Å²) in [5, 5.41) is 22.2. The third-order valence-corrected chi connectivity index (χ3v) is 5.47. The smallest absolute Gasteiger partial charge is 0.123 e. The number of aromatic nitrogens is 3. The summed E-state index contributed by atoms with van der Waals surface area (Å²) in [4.78, 5) is 2.32. The number of benzene rings is 1. The minimum Gasteiger partial charge on any atom is -0.389 e. The Bertz CT molecular complexity index is 762. The van der Waals surface area contributed by atoms with Crippen LogP contribution < -0.4 is 5.32 Å². The zero-order valence-corrected chi connectivity index (χ0v) is 15.5. The van der Waals surface area contributed by atoms with E-state index >= 15 is 0 Å². The van der Waals surface area contributed by atoms with E-state index in [1.165, 1.54) is 12.1 Å². The lowest BCUT2D eigenvalue weighted by atomic mass is 10.0. The highest BCUT2D eigenvalue weighted by molar-refractivity contribution is 5.57. The molecule has 0 radical (unpaired) electrons. The average Bonchev–Trinajstić information content (AvgIpc) is 3.26. The summed E-state index contributed by atoms with van der Waals surface area (Å²) in [6, 6.07) is 6.57. The van der Waals surface area contributed by atoms with Crippen LogP contribution in [0.3, 0.4) is 0 Å². The molecule has 3 heterocycles. The van der Waals surface area contributed by atoms with E-state index < -0.39 is 6.10 Å². The molecule has 2 aliphatic rings. The number of aliphatic hydroxyl groups excluding tert-OH is 1. The topological polar surface area (TPSA) is 75.4 Å². The Morgan fingerprint density at radius 3 is 2.93 bits per heavy atom. The predicted molar refractivity (Wildman–Crippen MR) is 98.6 cm³/mol. The molecule has 2 aromatic rings. The van der Waals surface area contributed by atoms with Gasteiger partial charge in [0.05, 0.1) is 37.6 Å². The van der Waals surface area contributed by atoms with Gasteiger partial charge >= 0.3 is 0 Å². The van der Waals surface area contributed by atoms with E-state index in [4.69, 9.17) is 4.74 Å². The van der Waals surface area contributed by atoms with Crippen LogP contribution >= 0.6 is 0 Å². The molecule has 4 rings (SSSR count). The average molecular weight is 375 g/mol. The van der Waals surface area contributed by atoms with Crippen LogP contribution in [0.1, 0.15) is 12.8 Å². The summed E-state index contributed by atoms with van der Waals surface area (Å²) in [6.45, 7) is 2.93. The number of hydrogen-bond acceptors (Lipinski definition) is 6. The number of nitrogens with zero attached hydrogens (tertiary/aromatic N) is 4. The minimum absolute atomic E-state index is 0.125. The fourth-order valence-corrected chi connectivity index (χ4v) is 3.86. The molecule has 2 N–H and O–H groups in total. The SMILES string of the molecule is CN1CCC(N[C@@H]2[C@@H](O)CO[C@@H]2Cn2cc(-c3cccc(F)c3)nn2)CC1. The summed E-state index contributed by atoms with van der Waals surface area (Å²) in [7, 11) is 2.13. The molecule has 0 amide bonds. The molecule has 7 nitrogen and oxygen atoms in total. The van der Waals surface area contributed by atoms with Gasteiger partial charge in [0.2, 0.25) is 0 Å². The van der Waals surface area contributed by atoms with Crippen molar-refractivity contribution in [3.63, 3.8) is 0 Å². The number of piperidine rings is 1. The van der Waals surface area contributed by atoms with Crippen LogP contribution in [0.4, 0.5) is 4.39 Å². The molecule has 1 aromatic heterocycles. The third kappa shape index (κ3) is 4.35. The molecular weight excluding hydrogens is 349 g/mol. The van der Waals surface area contributed by atoms with Crippen molar-refractivity contribution >= 4 is 0 Å². The van der Waals surface area contributed by atoms with Gasteiger partial charge in [-0.3, -0.25) is 0 Å². The Labute approximate surface area is 158 Å². The second kappa shape index (κ2) is 8.02. The van der Waals surface area contributed by atoms with Crippen LogP contribution in [0.5, 0.6) is 0 Å². The van der Waals surface area contributed by atoms with E-state index in [1.54, 1.807) is 23.0 Å². The van der Waals surface area contributed by atoms with Gasteiger partial charge in [-0.1, -0.05) is 17.3 Å². The quantitative estimate of drug-likeness (QED) is 0.809. The largest absolute Gasteiger partial charge is 0.389 e. The van der Waals surface area contributed by atoms with E-state index in [-0.39, 0.29) is 18.0 Å². The highest BCUT2D eigenvalue weighted by Crippen LogP contribution is 2.21. The van der Waals surface area contributed by atoms with Gasteiger partial charge in [0.25, 0.3) is 0 Å². The second-order valence-electron chi connectivity index (χ2n) is 7.55. The van der Waals surface area contributed by atoms with Crippen molar-refractivity contribution in [2.45, 2.75) is 43.7 Å². The first-order valence-corrected chi connectivity index (χ1v) is 9.49. The first-order chi connectivity index (χ1) is 13.1. The number of rotatable bonds is 5. The number of ether oxygens (including phenoxy) is 1. The van der Waals surface area contributed by atoms with Gasteiger partial charge in [-0.25, -0.2) is 9.07 Å². The van der Waals surface area contributed by atoms with Gasteiger partial charge in [-0.15, -0.1) is 5.10 Å². The second-order valence-corrected chi connectivity index (χ2v) is 7.55. The molecule has 2 saturated heterocycles. The molecule has 2 aliphatic heterocycles. The molecule has 0 saturated carbocycles. The first-order valence-electron chi connectivity index (χ1n) is 9.49. The summed E-state index contributed by atoms with van der Waals surface area (Å²) in [6.07, 6.45) is 3.22. The number of nitrogens with one attached hydrogen (secondary N) is 1. The molecular formula is C19H26FN5O2. The van der Waals surface area contributed by atoms with E-state index in [9.17, 15) is 9.50 Å². The molecule has 0 unspecified atom stereocenters. The Morgan fingerprint density at radius 2 is 2.15 bits per heavy atom. The van der Waals surface area contributed by atoms with Crippen LogP contribution in [0, 0.1) is 5.82 Å². The first kappa shape index (κ1) is 18.5. The summed E-state index contributed by atoms with van der Waals surface area (Å²) in [5.74, 6) is -0.299. The van der Waals surface area contributed by atoms with Crippen LogP contribution in [-0.4, -0.2) is 76.0 Å². The van der Waals surface area contributed by atoms with Crippen molar-refractivity contribution in [2.75, 3.05) is 26.7 Å². The standard InChI is InChI=1S/C19H26FN5O2/c1-24-7-5-15(6-8-24)21-19-17(26)12-27-18(19)11-25-10-16(22-23-25)13-3-2-4-14(20)9-13/h2-4,9-10,15,17-19,21,26H,5-8,11-12H2,1H3/t17-,18+,19+/m0/s1. The lowest BCUT2D eigenvalue weighted by molar-refractivity contribution is 0.0723. The van der Waals surface area contributed by atoms with Crippen molar-refractivity contribution in [2.24, 2.45) is 0 Å². The minimum atomic E-state index is -0.527. The summed E-state index contributed by atoms with van der Waals surface area (Å²) >= 11 is 0. The fourth-order valence-electron chi connectivity index (χ4n) is 3.86. The normalized spacial score (nSPS) is 27.3. The lowest BCUT2D eigenvalue weighted by Crippen LogP contribution is -2.52. The molecule has 2 fully saturated rings. The van der Waals surface area contributed by atoms with Crippen molar-refractivity contribution in [3.05, 3.63) is 36.3 Å².